The van der Waals surface area contributed by atoms with Gasteiger partial charge in [-0.2, -0.15) is 0 Å². The first kappa shape index (κ1) is 11.7. The summed E-state index contributed by atoms with van der Waals surface area (Å²) in [5.74, 6) is 0.904. The first-order valence-electron chi connectivity index (χ1n) is 6.33. The monoisotopic (exact) mass is 218 g/mol. The van der Waals surface area contributed by atoms with Crippen molar-refractivity contribution in [3.63, 3.8) is 0 Å². The minimum absolute atomic E-state index is 0.264. The van der Waals surface area contributed by atoms with Gasteiger partial charge in [0.25, 0.3) is 0 Å². The molecule has 1 N–H and O–H groups in total. The molecule has 0 amide bonds. The average Bonchev–Trinajstić information content (AvgIpc) is 3.03. The Labute approximate surface area is 98.5 Å². The third kappa shape index (κ3) is 2.65. The summed E-state index contributed by atoms with van der Waals surface area (Å²) in [4.78, 5) is 0. The zero-order valence-electron chi connectivity index (χ0n) is 10.6. The lowest BCUT2D eigenvalue weighted by Gasteiger charge is -2.15. The van der Waals surface area contributed by atoms with E-state index in [9.17, 15) is 5.11 Å². The average molecular weight is 218 g/mol. The van der Waals surface area contributed by atoms with E-state index in [1.807, 2.05) is 0 Å². The van der Waals surface area contributed by atoms with Crippen molar-refractivity contribution in [2.75, 3.05) is 0 Å². The molecule has 1 saturated carbocycles. The van der Waals surface area contributed by atoms with E-state index in [1.54, 1.807) is 0 Å². The molecule has 1 aliphatic rings. The van der Waals surface area contributed by atoms with Gasteiger partial charge in [-0.15, -0.1) is 0 Å². The van der Waals surface area contributed by atoms with Crippen molar-refractivity contribution < 1.29 is 5.11 Å². The summed E-state index contributed by atoms with van der Waals surface area (Å²) in [6.07, 6.45) is 4.60. The second kappa shape index (κ2) is 4.58. The number of hydrogen-bond donors (Lipinski definition) is 1. The molecule has 0 bridgehead atoms. The summed E-state index contributed by atoms with van der Waals surface area (Å²) in [5, 5.41) is 10.2. The van der Waals surface area contributed by atoms with Crippen LogP contribution >= 0.6 is 0 Å². The molecule has 0 radical (unpaired) electrons. The molecule has 0 aliphatic heterocycles. The van der Waals surface area contributed by atoms with Gasteiger partial charge < -0.3 is 5.11 Å². The van der Waals surface area contributed by atoms with Crippen LogP contribution in [0.4, 0.5) is 0 Å². The van der Waals surface area contributed by atoms with Crippen LogP contribution in [0.15, 0.2) is 12.1 Å². The maximum Gasteiger partial charge on any atom is 0.0792 e. The lowest BCUT2D eigenvalue weighted by Crippen LogP contribution is -2.02. The van der Waals surface area contributed by atoms with Crippen LogP contribution in [-0.4, -0.2) is 5.11 Å². The Morgan fingerprint density at radius 1 is 1.12 bits per heavy atom. The molecule has 1 aliphatic carbocycles. The Morgan fingerprint density at radius 3 is 2.38 bits per heavy atom. The van der Waals surface area contributed by atoms with E-state index in [4.69, 9.17) is 0 Å². The summed E-state index contributed by atoms with van der Waals surface area (Å²) in [6, 6.07) is 4.34. The highest BCUT2D eigenvalue weighted by Crippen LogP contribution is 2.36. The molecular formula is C15H22O. The minimum atomic E-state index is -0.264. The van der Waals surface area contributed by atoms with Crippen molar-refractivity contribution in [2.24, 2.45) is 5.92 Å². The maximum atomic E-state index is 10.2. The molecule has 1 aromatic carbocycles. The van der Waals surface area contributed by atoms with Crippen LogP contribution in [0.2, 0.25) is 0 Å². The summed E-state index contributed by atoms with van der Waals surface area (Å²) < 4.78 is 0. The summed E-state index contributed by atoms with van der Waals surface area (Å²) in [5.41, 5.74) is 4.96. The van der Waals surface area contributed by atoms with E-state index >= 15 is 0 Å². The van der Waals surface area contributed by atoms with Crippen LogP contribution in [0, 0.1) is 26.7 Å². The fraction of sp³-hybridized carbons (Fsp3) is 0.600. The van der Waals surface area contributed by atoms with Gasteiger partial charge >= 0.3 is 0 Å². The van der Waals surface area contributed by atoms with Gasteiger partial charge in [-0.3, -0.25) is 0 Å². The van der Waals surface area contributed by atoms with Gasteiger partial charge in [0.05, 0.1) is 6.10 Å². The largest absolute Gasteiger partial charge is 0.388 e. The van der Waals surface area contributed by atoms with Gasteiger partial charge in [0, 0.05) is 0 Å². The fourth-order valence-corrected chi connectivity index (χ4v) is 2.30. The van der Waals surface area contributed by atoms with Gasteiger partial charge in [0.2, 0.25) is 0 Å². The van der Waals surface area contributed by atoms with Crippen LogP contribution in [-0.2, 0) is 0 Å². The van der Waals surface area contributed by atoms with E-state index in [2.05, 4.69) is 32.9 Å². The zero-order chi connectivity index (χ0) is 11.7. The smallest absolute Gasteiger partial charge is 0.0792 e. The number of hydrogen-bond acceptors (Lipinski definition) is 1. The molecule has 0 heterocycles. The lowest BCUT2D eigenvalue weighted by atomic mass is 9.94. The summed E-state index contributed by atoms with van der Waals surface area (Å²) in [6.45, 7) is 6.34. The Hall–Kier alpha value is -0.820. The standard InChI is InChI=1S/C15H22O/c1-10-8-12(3)14(9-11(10)2)15(16)7-6-13-4-5-13/h8-9,13,15-16H,4-7H2,1-3H3. The number of aliphatic hydroxyl groups is 1. The SMILES string of the molecule is Cc1cc(C)c(C(O)CCC2CC2)cc1C. The summed E-state index contributed by atoms with van der Waals surface area (Å²) >= 11 is 0. The third-order valence-electron chi connectivity index (χ3n) is 3.79. The molecule has 0 spiro atoms. The Balaban J connectivity index is 2.08. The first-order chi connectivity index (χ1) is 7.58. The van der Waals surface area contributed by atoms with Crippen molar-refractivity contribution in [2.45, 2.75) is 52.6 Å². The van der Waals surface area contributed by atoms with E-state index in [0.29, 0.717) is 0 Å². The van der Waals surface area contributed by atoms with Gasteiger partial charge in [-0.05, 0) is 61.8 Å². The van der Waals surface area contributed by atoms with Crippen molar-refractivity contribution >= 4 is 0 Å². The highest BCUT2D eigenvalue weighted by molar-refractivity contribution is 5.37. The topological polar surface area (TPSA) is 20.2 Å². The van der Waals surface area contributed by atoms with Gasteiger partial charge in [0.15, 0.2) is 0 Å². The van der Waals surface area contributed by atoms with Crippen LogP contribution in [0.25, 0.3) is 0 Å². The fourth-order valence-electron chi connectivity index (χ4n) is 2.30. The van der Waals surface area contributed by atoms with Crippen LogP contribution < -0.4 is 0 Å². The Kier molecular flexibility index (Phi) is 3.34. The number of aliphatic hydroxyl groups excluding tert-OH is 1. The second-order valence-electron chi connectivity index (χ2n) is 5.33. The Morgan fingerprint density at radius 2 is 1.75 bits per heavy atom. The Bertz CT molecular complexity index is 377. The minimum Gasteiger partial charge on any atom is -0.388 e. The lowest BCUT2D eigenvalue weighted by molar-refractivity contribution is 0.161. The molecular weight excluding hydrogens is 196 g/mol. The maximum absolute atomic E-state index is 10.2. The number of benzene rings is 1. The molecule has 1 nitrogen and oxygen atoms in total. The molecule has 1 atom stereocenters. The van der Waals surface area contributed by atoms with Crippen molar-refractivity contribution in [3.05, 3.63) is 34.4 Å². The molecule has 1 unspecified atom stereocenters. The van der Waals surface area contributed by atoms with Crippen molar-refractivity contribution in [1.82, 2.24) is 0 Å². The second-order valence-corrected chi connectivity index (χ2v) is 5.33. The van der Waals surface area contributed by atoms with Crippen LogP contribution in [0.1, 0.15) is 54.0 Å². The van der Waals surface area contributed by atoms with E-state index < -0.39 is 0 Å². The van der Waals surface area contributed by atoms with Crippen molar-refractivity contribution in [3.8, 4) is 0 Å². The van der Waals surface area contributed by atoms with Crippen molar-refractivity contribution in [1.29, 1.82) is 0 Å². The molecule has 1 fully saturated rings. The molecule has 16 heavy (non-hydrogen) atoms. The predicted octanol–water partition coefficient (Wildman–Crippen LogP) is 3.84. The highest BCUT2D eigenvalue weighted by atomic mass is 16.3. The molecule has 0 aromatic heterocycles. The quantitative estimate of drug-likeness (QED) is 0.814. The van der Waals surface area contributed by atoms with E-state index in [0.717, 1.165) is 17.9 Å². The van der Waals surface area contributed by atoms with E-state index in [1.165, 1.54) is 36.0 Å². The van der Waals surface area contributed by atoms with Crippen LogP contribution in [0.5, 0.6) is 0 Å². The molecule has 88 valence electrons. The normalized spacial score (nSPS) is 17.5. The van der Waals surface area contributed by atoms with Crippen LogP contribution in [0.3, 0.4) is 0 Å². The summed E-state index contributed by atoms with van der Waals surface area (Å²) in [7, 11) is 0. The first-order valence-corrected chi connectivity index (χ1v) is 6.33. The van der Waals surface area contributed by atoms with Gasteiger partial charge in [-0.1, -0.05) is 25.0 Å². The highest BCUT2D eigenvalue weighted by Gasteiger charge is 2.22. The van der Waals surface area contributed by atoms with Gasteiger partial charge in [-0.25, -0.2) is 0 Å². The molecule has 2 rings (SSSR count). The van der Waals surface area contributed by atoms with E-state index in [-0.39, 0.29) is 6.10 Å². The molecule has 0 saturated heterocycles. The molecule has 1 aromatic rings. The number of rotatable bonds is 4. The third-order valence-corrected chi connectivity index (χ3v) is 3.79. The number of aryl methyl sites for hydroxylation is 3. The predicted molar refractivity (Wildman–Crippen MR) is 67.6 cm³/mol. The molecule has 1 heteroatoms. The zero-order valence-corrected chi connectivity index (χ0v) is 10.6. The van der Waals surface area contributed by atoms with Gasteiger partial charge in [0.1, 0.15) is 0 Å².